The van der Waals surface area contributed by atoms with Crippen LogP contribution in [0.15, 0.2) is 83.3 Å². The van der Waals surface area contributed by atoms with Gasteiger partial charge in [0, 0.05) is 20.3 Å². The van der Waals surface area contributed by atoms with Crippen molar-refractivity contribution in [3.05, 3.63) is 88.4 Å². The Bertz CT molecular complexity index is 1270. The first-order valence-corrected chi connectivity index (χ1v) is 9.27. The van der Waals surface area contributed by atoms with Gasteiger partial charge in [-0.2, -0.15) is 0 Å². The number of hydrogen-bond donors (Lipinski definition) is 0. The third-order valence-electron chi connectivity index (χ3n) is 4.69. The minimum Gasteiger partial charge on any atom is -0.308 e. The van der Waals surface area contributed by atoms with Gasteiger partial charge in [-0.15, -0.1) is 0 Å². The van der Waals surface area contributed by atoms with Crippen molar-refractivity contribution >= 4 is 60.1 Å². The first-order valence-electron chi connectivity index (χ1n) is 8.10. The van der Waals surface area contributed by atoms with Gasteiger partial charge >= 0.3 is 0 Å². The molecule has 4 aromatic carbocycles. The van der Waals surface area contributed by atoms with E-state index in [-0.39, 0.29) is 0 Å². The lowest BCUT2D eigenvalue weighted by molar-refractivity contribution is 1.17. The summed E-state index contributed by atoms with van der Waals surface area (Å²) in [5.74, 6) is 0. The normalized spacial score (nSPS) is 11.6. The smallest absolute Gasteiger partial charge is 0.0619 e. The predicted molar refractivity (Wildman–Crippen MR) is 111 cm³/mol. The molecule has 3 heteroatoms. The second kappa shape index (κ2) is 5.62. The highest BCUT2D eigenvalue weighted by Crippen LogP contribution is 2.37. The molecule has 0 amide bonds. The zero-order chi connectivity index (χ0) is 17.0. The van der Waals surface area contributed by atoms with Crippen molar-refractivity contribution in [1.29, 1.82) is 0 Å². The molecule has 1 heterocycles. The largest absolute Gasteiger partial charge is 0.308 e. The maximum atomic E-state index is 6.30. The van der Waals surface area contributed by atoms with Crippen LogP contribution >= 0.6 is 27.5 Å². The fourth-order valence-corrected chi connectivity index (χ4v) is 4.16. The average Bonchev–Trinajstić information content (AvgIpc) is 2.95. The van der Waals surface area contributed by atoms with Crippen LogP contribution < -0.4 is 0 Å². The van der Waals surface area contributed by atoms with Crippen molar-refractivity contribution in [2.75, 3.05) is 0 Å². The fraction of sp³-hybridized carbons (Fsp3) is 0. The van der Waals surface area contributed by atoms with Crippen LogP contribution in [0.25, 0.3) is 38.3 Å². The van der Waals surface area contributed by atoms with Gasteiger partial charge in [0.1, 0.15) is 0 Å². The third kappa shape index (κ3) is 2.29. The summed E-state index contributed by atoms with van der Waals surface area (Å²) in [6.07, 6.45) is 0. The zero-order valence-corrected chi connectivity index (χ0v) is 15.6. The van der Waals surface area contributed by atoms with Crippen LogP contribution in [0, 0.1) is 0 Å². The Hall–Kier alpha value is -2.29. The van der Waals surface area contributed by atoms with Gasteiger partial charge in [0.05, 0.1) is 16.7 Å². The molecular formula is C22H13BrClN. The molecule has 0 fully saturated rings. The monoisotopic (exact) mass is 405 g/mol. The molecule has 0 aliphatic rings. The van der Waals surface area contributed by atoms with Crippen LogP contribution in [0.5, 0.6) is 0 Å². The molecule has 0 unspecified atom stereocenters. The van der Waals surface area contributed by atoms with E-state index in [2.05, 4.69) is 81.2 Å². The molecule has 5 aromatic rings. The molecule has 120 valence electrons. The first-order chi connectivity index (χ1) is 12.2. The molecule has 1 nitrogen and oxygen atoms in total. The Labute approximate surface area is 158 Å². The molecule has 0 atom stereocenters. The van der Waals surface area contributed by atoms with Crippen molar-refractivity contribution in [3.8, 4) is 5.69 Å². The molecule has 25 heavy (non-hydrogen) atoms. The lowest BCUT2D eigenvalue weighted by Crippen LogP contribution is -1.95. The molecule has 0 saturated carbocycles. The van der Waals surface area contributed by atoms with Crippen LogP contribution in [0.1, 0.15) is 0 Å². The number of aromatic nitrogens is 1. The molecule has 5 rings (SSSR count). The van der Waals surface area contributed by atoms with Gasteiger partial charge in [-0.25, -0.2) is 0 Å². The van der Waals surface area contributed by atoms with Crippen molar-refractivity contribution in [1.82, 2.24) is 4.57 Å². The van der Waals surface area contributed by atoms with E-state index in [9.17, 15) is 0 Å². The number of benzene rings is 4. The number of halogens is 2. The average molecular weight is 407 g/mol. The lowest BCUT2D eigenvalue weighted by atomic mass is 10.1. The Balaban J connectivity index is 2.02. The number of para-hydroxylation sites is 1. The van der Waals surface area contributed by atoms with Gasteiger partial charge in [0.15, 0.2) is 0 Å². The SMILES string of the molecule is Clc1ccc(Br)c(-n2c3ccccc3c3cc4ccccc4cc32)c1. The van der Waals surface area contributed by atoms with Crippen LogP contribution in [0.3, 0.4) is 0 Å². The Morgan fingerprint density at radius 2 is 1.40 bits per heavy atom. The highest BCUT2D eigenvalue weighted by atomic mass is 79.9. The van der Waals surface area contributed by atoms with Crippen LogP contribution in [0.4, 0.5) is 0 Å². The van der Waals surface area contributed by atoms with Gasteiger partial charge in [-0.05, 0) is 63.1 Å². The number of hydrogen-bond acceptors (Lipinski definition) is 0. The summed E-state index contributed by atoms with van der Waals surface area (Å²) in [4.78, 5) is 0. The van der Waals surface area contributed by atoms with E-state index in [0.29, 0.717) is 0 Å². The van der Waals surface area contributed by atoms with E-state index in [1.807, 2.05) is 18.2 Å². The van der Waals surface area contributed by atoms with E-state index in [1.165, 1.54) is 32.6 Å². The van der Waals surface area contributed by atoms with Gasteiger partial charge in [0.25, 0.3) is 0 Å². The van der Waals surface area contributed by atoms with E-state index in [1.54, 1.807) is 0 Å². The number of rotatable bonds is 1. The predicted octanol–water partition coefficient (Wildman–Crippen LogP) is 7.35. The molecule has 0 radical (unpaired) electrons. The molecule has 0 saturated heterocycles. The van der Waals surface area contributed by atoms with E-state index >= 15 is 0 Å². The molecule has 0 spiro atoms. The van der Waals surface area contributed by atoms with Crippen LogP contribution in [0.2, 0.25) is 5.02 Å². The molecule has 1 aromatic heterocycles. The van der Waals surface area contributed by atoms with Gasteiger partial charge in [-0.1, -0.05) is 54.1 Å². The van der Waals surface area contributed by atoms with Crippen LogP contribution in [-0.4, -0.2) is 4.57 Å². The summed E-state index contributed by atoms with van der Waals surface area (Å²) in [6.45, 7) is 0. The summed E-state index contributed by atoms with van der Waals surface area (Å²) in [6, 6.07) is 27.4. The van der Waals surface area contributed by atoms with Crippen molar-refractivity contribution < 1.29 is 0 Å². The van der Waals surface area contributed by atoms with E-state index in [4.69, 9.17) is 11.6 Å². The summed E-state index contributed by atoms with van der Waals surface area (Å²) < 4.78 is 3.31. The highest BCUT2D eigenvalue weighted by molar-refractivity contribution is 9.10. The maximum absolute atomic E-state index is 6.30. The summed E-state index contributed by atoms with van der Waals surface area (Å²) >= 11 is 9.99. The highest BCUT2D eigenvalue weighted by Gasteiger charge is 2.15. The van der Waals surface area contributed by atoms with Crippen LogP contribution in [-0.2, 0) is 0 Å². The van der Waals surface area contributed by atoms with E-state index in [0.717, 1.165) is 15.2 Å². The Morgan fingerprint density at radius 3 is 2.24 bits per heavy atom. The summed E-state index contributed by atoms with van der Waals surface area (Å²) in [7, 11) is 0. The van der Waals surface area contributed by atoms with Gasteiger partial charge in [0.2, 0.25) is 0 Å². The maximum Gasteiger partial charge on any atom is 0.0619 e. The summed E-state index contributed by atoms with van der Waals surface area (Å²) in [5.41, 5.74) is 3.41. The van der Waals surface area contributed by atoms with E-state index < -0.39 is 0 Å². The second-order valence-electron chi connectivity index (χ2n) is 6.16. The quantitative estimate of drug-likeness (QED) is 0.274. The minimum atomic E-state index is 0.727. The molecule has 0 aliphatic carbocycles. The Kier molecular flexibility index (Phi) is 3.37. The zero-order valence-electron chi connectivity index (χ0n) is 13.2. The molecule has 0 N–H and O–H groups in total. The third-order valence-corrected chi connectivity index (χ3v) is 5.59. The van der Waals surface area contributed by atoms with Gasteiger partial charge < -0.3 is 4.57 Å². The van der Waals surface area contributed by atoms with Crippen molar-refractivity contribution in [3.63, 3.8) is 0 Å². The Morgan fingerprint density at radius 1 is 0.680 bits per heavy atom. The standard InChI is InChI=1S/C22H13BrClN/c23-19-10-9-16(24)13-22(19)25-20-8-4-3-7-17(20)18-11-14-5-1-2-6-15(14)12-21(18)25/h1-13H. The minimum absolute atomic E-state index is 0.727. The molecular weight excluding hydrogens is 394 g/mol. The van der Waals surface area contributed by atoms with Crippen molar-refractivity contribution in [2.45, 2.75) is 0 Å². The topological polar surface area (TPSA) is 4.93 Å². The molecule has 0 bridgehead atoms. The number of nitrogens with zero attached hydrogens (tertiary/aromatic N) is 1. The second-order valence-corrected chi connectivity index (χ2v) is 7.46. The van der Waals surface area contributed by atoms with Crippen molar-refractivity contribution in [2.24, 2.45) is 0 Å². The summed E-state index contributed by atoms with van der Waals surface area (Å²) in [5, 5.41) is 5.71. The molecule has 0 aliphatic heterocycles. The number of fused-ring (bicyclic) bond motifs is 4. The van der Waals surface area contributed by atoms with Gasteiger partial charge in [-0.3, -0.25) is 0 Å². The lowest BCUT2D eigenvalue weighted by Gasteiger charge is -2.11. The first kappa shape index (κ1) is 15.0. The fourth-order valence-electron chi connectivity index (χ4n) is 3.57.